The second kappa shape index (κ2) is 6.18. The number of H-pyrrole nitrogens is 1. The highest BCUT2D eigenvalue weighted by molar-refractivity contribution is 6.13. The van der Waals surface area contributed by atoms with Gasteiger partial charge < -0.3 is 10.3 Å². The van der Waals surface area contributed by atoms with Gasteiger partial charge in [0.1, 0.15) is 0 Å². The van der Waals surface area contributed by atoms with Crippen LogP contribution in [0.4, 0.5) is 5.69 Å². The first-order valence-electron chi connectivity index (χ1n) is 7.82. The van der Waals surface area contributed by atoms with Crippen molar-refractivity contribution < 1.29 is 9.59 Å². The fourth-order valence-electron chi connectivity index (χ4n) is 2.95. The summed E-state index contributed by atoms with van der Waals surface area (Å²) in [6, 6.07) is 7.86. The average molecular weight is 296 g/mol. The van der Waals surface area contributed by atoms with E-state index in [1.807, 2.05) is 24.3 Å². The highest BCUT2D eigenvalue weighted by Gasteiger charge is 2.25. The fraction of sp³-hybridized carbons (Fsp3) is 0.333. The molecule has 0 atom stereocenters. The van der Waals surface area contributed by atoms with Crippen LogP contribution in [0.25, 0.3) is 0 Å². The van der Waals surface area contributed by atoms with Gasteiger partial charge in [-0.25, -0.2) is 0 Å². The van der Waals surface area contributed by atoms with E-state index in [9.17, 15) is 9.59 Å². The maximum absolute atomic E-state index is 12.4. The lowest BCUT2D eigenvalue weighted by molar-refractivity contribution is 0.0956. The Hall–Kier alpha value is -2.36. The van der Waals surface area contributed by atoms with Gasteiger partial charge in [0.05, 0.1) is 11.1 Å². The second-order valence-electron chi connectivity index (χ2n) is 5.73. The van der Waals surface area contributed by atoms with Gasteiger partial charge in [0, 0.05) is 24.0 Å². The largest absolute Gasteiger partial charge is 0.364 e. The summed E-state index contributed by atoms with van der Waals surface area (Å²) in [6.07, 6.45) is 6.00. The second-order valence-corrected chi connectivity index (χ2v) is 5.73. The molecule has 22 heavy (non-hydrogen) atoms. The molecule has 0 fully saturated rings. The molecule has 3 rings (SSSR count). The van der Waals surface area contributed by atoms with Crippen LogP contribution < -0.4 is 5.32 Å². The Balaban J connectivity index is 1.77. The summed E-state index contributed by atoms with van der Waals surface area (Å²) >= 11 is 0. The molecular formula is C18H20N2O2. The van der Waals surface area contributed by atoms with Crippen LogP contribution in [0.15, 0.2) is 30.5 Å². The summed E-state index contributed by atoms with van der Waals surface area (Å²) in [5.41, 5.74) is 3.93. The topological polar surface area (TPSA) is 62.0 Å². The van der Waals surface area contributed by atoms with E-state index < -0.39 is 0 Å². The Kier molecular flexibility index (Phi) is 4.09. The van der Waals surface area contributed by atoms with E-state index in [0.717, 1.165) is 37.1 Å². The van der Waals surface area contributed by atoms with Crippen LogP contribution in [-0.4, -0.2) is 16.7 Å². The van der Waals surface area contributed by atoms with Gasteiger partial charge in [-0.2, -0.15) is 0 Å². The lowest BCUT2D eigenvalue weighted by atomic mass is 9.93. The molecule has 0 radical (unpaired) electrons. The number of ketones is 1. The van der Waals surface area contributed by atoms with Crippen LogP contribution in [0, 0.1) is 0 Å². The highest BCUT2D eigenvalue weighted by atomic mass is 16.2. The first-order valence-corrected chi connectivity index (χ1v) is 7.82. The Labute approximate surface area is 129 Å². The number of aromatic amines is 1. The van der Waals surface area contributed by atoms with Crippen LogP contribution in [0.2, 0.25) is 0 Å². The minimum absolute atomic E-state index is 0.0611. The predicted octanol–water partition coefficient (Wildman–Crippen LogP) is 3.74. The number of anilines is 1. The monoisotopic (exact) mass is 296 g/mol. The molecule has 0 saturated heterocycles. The zero-order valence-electron chi connectivity index (χ0n) is 12.7. The normalized spacial score (nSPS) is 13.8. The molecule has 1 aliphatic carbocycles. The molecule has 2 N–H and O–H groups in total. The molecule has 1 aromatic carbocycles. The van der Waals surface area contributed by atoms with Crippen molar-refractivity contribution in [2.24, 2.45) is 0 Å². The number of hydrogen-bond acceptors (Lipinski definition) is 2. The van der Waals surface area contributed by atoms with Crippen molar-refractivity contribution in [3.8, 4) is 0 Å². The summed E-state index contributed by atoms with van der Waals surface area (Å²) in [5.74, 6) is -0.165. The van der Waals surface area contributed by atoms with Gasteiger partial charge in [0.25, 0.3) is 5.91 Å². The lowest BCUT2D eigenvalue weighted by Gasteiger charge is -2.12. The summed E-state index contributed by atoms with van der Waals surface area (Å²) in [6.45, 7) is 2.14. The fourth-order valence-corrected chi connectivity index (χ4v) is 2.95. The molecular weight excluding hydrogens is 276 g/mol. The highest BCUT2D eigenvalue weighted by Crippen LogP contribution is 2.24. The number of amides is 1. The number of aryl methyl sites for hydroxylation is 2. The van der Waals surface area contributed by atoms with Crippen molar-refractivity contribution in [2.45, 2.75) is 39.0 Å². The average Bonchev–Trinajstić information content (AvgIpc) is 2.95. The molecule has 1 aliphatic rings. The van der Waals surface area contributed by atoms with Gasteiger partial charge >= 0.3 is 0 Å². The molecule has 4 nitrogen and oxygen atoms in total. The van der Waals surface area contributed by atoms with E-state index >= 15 is 0 Å². The van der Waals surface area contributed by atoms with Crippen LogP contribution in [-0.2, 0) is 12.8 Å². The Morgan fingerprint density at radius 2 is 2.00 bits per heavy atom. The number of hydrogen-bond donors (Lipinski definition) is 2. The van der Waals surface area contributed by atoms with Gasteiger partial charge in [-0.15, -0.1) is 0 Å². The van der Waals surface area contributed by atoms with E-state index in [2.05, 4.69) is 17.2 Å². The minimum atomic E-state index is -0.226. The van der Waals surface area contributed by atoms with Crippen molar-refractivity contribution >= 4 is 17.4 Å². The minimum Gasteiger partial charge on any atom is -0.364 e. The number of benzene rings is 1. The number of fused-ring (bicyclic) bond motifs is 1. The Morgan fingerprint density at radius 1 is 1.23 bits per heavy atom. The van der Waals surface area contributed by atoms with Crippen molar-refractivity contribution in [1.82, 2.24) is 4.98 Å². The molecule has 0 unspecified atom stereocenters. The summed E-state index contributed by atoms with van der Waals surface area (Å²) in [7, 11) is 0. The maximum Gasteiger partial charge on any atom is 0.257 e. The van der Waals surface area contributed by atoms with Crippen LogP contribution in [0.3, 0.4) is 0 Å². The standard InChI is InChI=1S/C18H20N2O2/c1-2-4-12-7-9-13(10-8-12)20-18(22)14-11-19-15-5-3-6-16(21)17(14)15/h7-11,19H,2-6H2,1H3,(H,20,22). The van der Waals surface area contributed by atoms with Crippen molar-refractivity contribution in [3.63, 3.8) is 0 Å². The molecule has 0 spiro atoms. The summed E-state index contributed by atoms with van der Waals surface area (Å²) in [5, 5.41) is 2.87. The molecule has 1 amide bonds. The van der Waals surface area contributed by atoms with Gasteiger partial charge in [0.15, 0.2) is 5.78 Å². The molecule has 1 aromatic heterocycles. The molecule has 0 bridgehead atoms. The molecule has 2 aromatic rings. The first kappa shape index (κ1) is 14.6. The lowest BCUT2D eigenvalue weighted by Crippen LogP contribution is -2.17. The Bertz CT molecular complexity index is 698. The van der Waals surface area contributed by atoms with Gasteiger partial charge in [0.2, 0.25) is 0 Å². The zero-order valence-corrected chi connectivity index (χ0v) is 12.7. The molecule has 4 heteroatoms. The number of Topliss-reactive ketones (excluding diaryl/α,β-unsaturated/α-hetero) is 1. The molecule has 114 valence electrons. The predicted molar refractivity (Wildman–Crippen MR) is 86.5 cm³/mol. The van der Waals surface area contributed by atoms with E-state index in [1.165, 1.54) is 5.56 Å². The number of aromatic nitrogens is 1. The molecule has 1 heterocycles. The number of carbonyl (C=O) groups is 2. The first-order chi connectivity index (χ1) is 10.7. The Morgan fingerprint density at radius 3 is 2.73 bits per heavy atom. The molecule has 0 saturated carbocycles. The zero-order chi connectivity index (χ0) is 15.5. The SMILES string of the molecule is CCCc1ccc(NC(=O)c2c[nH]c3c2C(=O)CCC3)cc1. The molecule has 0 aliphatic heterocycles. The third kappa shape index (κ3) is 2.82. The number of carbonyl (C=O) groups excluding carboxylic acids is 2. The van der Waals surface area contributed by atoms with E-state index in [1.54, 1.807) is 6.20 Å². The van der Waals surface area contributed by atoms with Crippen LogP contribution >= 0.6 is 0 Å². The maximum atomic E-state index is 12.4. The van der Waals surface area contributed by atoms with Crippen LogP contribution in [0.1, 0.15) is 58.2 Å². The van der Waals surface area contributed by atoms with Crippen molar-refractivity contribution in [1.29, 1.82) is 0 Å². The third-order valence-electron chi connectivity index (χ3n) is 4.07. The summed E-state index contributed by atoms with van der Waals surface area (Å²) in [4.78, 5) is 27.5. The van der Waals surface area contributed by atoms with Gasteiger partial charge in [-0.3, -0.25) is 9.59 Å². The number of nitrogens with one attached hydrogen (secondary N) is 2. The van der Waals surface area contributed by atoms with E-state index in [0.29, 0.717) is 17.5 Å². The smallest absolute Gasteiger partial charge is 0.257 e. The summed E-state index contributed by atoms with van der Waals surface area (Å²) < 4.78 is 0. The third-order valence-corrected chi connectivity index (χ3v) is 4.07. The van der Waals surface area contributed by atoms with E-state index in [-0.39, 0.29) is 11.7 Å². The van der Waals surface area contributed by atoms with Crippen molar-refractivity contribution in [3.05, 3.63) is 52.8 Å². The van der Waals surface area contributed by atoms with E-state index in [4.69, 9.17) is 0 Å². The van der Waals surface area contributed by atoms with Gasteiger partial charge in [-0.1, -0.05) is 25.5 Å². The number of rotatable bonds is 4. The van der Waals surface area contributed by atoms with Crippen molar-refractivity contribution in [2.75, 3.05) is 5.32 Å². The quantitative estimate of drug-likeness (QED) is 0.903. The van der Waals surface area contributed by atoms with Crippen LogP contribution in [0.5, 0.6) is 0 Å². The van der Waals surface area contributed by atoms with Gasteiger partial charge in [-0.05, 0) is 37.0 Å².